The zero-order valence-corrected chi connectivity index (χ0v) is 8.42. The predicted molar refractivity (Wildman–Crippen MR) is 52.5 cm³/mol. The van der Waals surface area contributed by atoms with E-state index in [0.29, 0.717) is 5.56 Å². The van der Waals surface area contributed by atoms with Crippen LogP contribution in [0, 0.1) is 0 Å². The zero-order valence-electron chi connectivity index (χ0n) is 8.42. The van der Waals surface area contributed by atoms with E-state index in [-0.39, 0.29) is 24.3 Å². The second-order valence-corrected chi connectivity index (χ2v) is 2.75. The minimum Gasteiger partial charge on any atom is -0.870 e. The molecule has 0 aliphatic rings. The maximum absolute atomic E-state index is 10.3. The third-order valence-electron chi connectivity index (χ3n) is 1.87. The second kappa shape index (κ2) is 6.26. The Morgan fingerprint density at radius 1 is 1.07 bits per heavy atom. The SMILES string of the molecule is O=[C-]c1ccn(-c2ccccc2)c1.[Li+].[OH-]. The number of nitrogens with zero attached hydrogens (tertiary/aromatic N) is 1. The molecular formula is C11H9LiNO2-. The topological polar surface area (TPSA) is 52.0 Å². The Hall–Kier alpha value is -1.27. The van der Waals surface area contributed by atoms with Gasteiger partial charge in [0.1, 0.15) is 0 Å². The van der Waals surface area contributed by atoms with Crippen LogP contribution in [0.5, 0.6) is 0 Å². The molecule has 2 aromatic rings. The summed E-state index contributed by atoms with van der Waals surface area (Å²) in [6.45, 7) is 0. The van der Waals surface area contributed by atoms with Crippen molar-refractivity contribution >= 4 is 6.29 Å². The maximum atomic E-state index is 10.3. The molecule has 0 unspecified atom stereocenters. The number of rotatable bonds is 2. The van der Waals surface area contributed by atoms with E-state index >= 15 is 0 Å². The molecule has 1 aromatic heterocycles. The summed E-state index contributed by atoms with van der Waals surface area (Å²) in [6.07, 6.45) is 5.44. The first-order valence-corrected chi connectivity index (χ1v) is 4.02. The Morgan fingerprint density at radius 2 is 1.73 bits per heavy atom. The van der Waals surface area contributed by atoms with Crippen molar-refractivity contribution < 1.29 is 29.1 Å². The van der Waals surface area contributed by atoms with Crippen molar-refractivity contribution in [3.63, 3.8) is 0 Å². The van der Waals surface area contributed by atoms with Crippen LogP contribution in [0.2, 0.25) is 0 Å². The van der Waals surface area contributed by atoms with E-state index in [0.717, 1.165) is 5.69 Å². The smallest absolute Gasteiger partial charge is 0.870 e. The molecule has 15 heavy (non-hydrogen) atoms. The number of benzene rings is 1. The van der Waals surface area contributed by atoms with Crippen LogP contribution < -0.4 is 18.9 Å². The minimum absolute atomic E-state index is 0. The van der Waals surface area contributed by atoms with E-state index in [4.69, 9.17) is 0 Å². The van der Waals surface area contributed by atoms with Crippen LogP contribution in [-0.2, 0) is 4.79 Å². The first-order chi connectivity index (χ1) is 6.40. The van der Waals surface area contributed by atoms with Gasteiger partial charge in [0.15, 0.2) is 0 Å². The maximum Gasteiger partial charge on any atom is 1.00 e. The van der Waals surface area contributed by atoms with Crippen molar-refractivity contribution in [2.45, 2.75) is 0 Å². The van der Waals surface area contributed by atoms with Gasteiger partial charge in [0, 0.05) is 5.69 Å². The van der Waals surface area contributed by atoms with Crippen molar-refractivity contribution in [3.05, 3.63) is 54.4 Å². The second-order valence-electron chi connectivity index (χ2n) is 2.75. The number of hydrogen-bond acceptors (Lipinski definition) is 2. The third kappa shape index (κ3) is 3.10. The van der Waals surface area contributed by atoms with Gasteiger partial charge < -0.3 is 14.8 Å². The molecule has 1 N–H and O–H groups in total. The molecule has 4 heteroatoms. The van der Waals surface area contributed by atoms with Gasteiger partial charge in [-0.05, 0) is 12.1 Å². The fraction of sp³-hybridized carbons (Fsp3) is 0. The molecule has 72 valence electrons. The van der Waals surface area contributed by atoms with Gasteiger partial charge in [-0.15, -0.1) is 11.6 Å². The standard InChI is InChI=1S/C11H8NO.Li.H2O/c13-9-10-6-7-12(8-10)11-4-2-1-3-5-11;;/h1-8H;;1H2/q-1;+1;/p-1. The van der Waals surface area contributed by atoms with Gasteiger partial charge in [-0.3, -0.25) is 0 Å². The van der Waals surface area contributed by atoms with Crippen LogP contribution in [0.25, 0.3) is 5.69 Å². The number of carbonyl (C=O) groups excluding carboxylic acids is 1. The van der Waals surface area contributed by atoms with Gasteiger partial charge in [0.05, 0.1) is 6.29 Å². The summed E-state index contributed by atoms with van der Waals surface area (Å²) < 4.78 is 1.89. The molecule has 1 heterocycles. The quantitative estimate of drug-likeness (QED) is 0.443. The predicted octanol–water partition coefficient (Wildman–Crippen LogP) is -1.24. The van der Waals surface area contributed by atoms with Gasteiger partial charge in [-0.2, -0.15) is 0 Å². The molecular weight excluding hydrogens is 185 g/mol. The summed E-state index contributed by atoms with van der Waals surface area (Å²) in [6, 6.07) is 11.6. The molecule has 0 amide bonds. The molecule has 0 bridgehead atoms. The Bertz CT molecular complexity index is 412. The van der Waals surface area contributed by atoms with Crippen molar-refractivity contribution in [3.8, 4) is 5.69 Å². The number of hydrogen-bond donors (Lipinski definition) is 0. The molecule has 3 nitrogen and oxygen atoms in total. The van der Waals surface area contributed by atoms with Crippen molar-refractivity contribution in [2.75, 3.05) is 0 Å². The van der Waals surface area contributed by atoms with Crippen LogP contribution in [0.15, 0.2) is 48.8 Å². The average molecular weight is 194 g/mol. The molecule has 0 aliphatic carbocycles. The summed E-state index contributed by atoms with van der Waals surface area (Å²) in [5.41, 5.74) is 1.62. The van der Waals surface area contributed by atoms with Crippen LogP contribution in [-0.4, -0.2) is 16.3 Å². The van der Waals surface area contributed by atoms with Crippen molar-refractivity contribution in [1.82, 2.24) is 4.57 Å². The third-order valence-corrected chi connectivity index (χ3v) is 1.87. The van der Waals surface area contributed by atoms with Gasteiger partial charge >= 0.3 is 18.9 Å². The zero-order chi connectivity index (χ0) is 9.10. The Kier molecular flexibility index (Phi) is 5.73. The molecule has 0 aliphatic heterocycles. The molecule has 1 aromatic carbocycles. The molecule has 0 saturated heterocycles. The fourth-order valence-electron chi connectivity index (χ4n) is 1.22. The Balaban J connectivity index is 0.000000980. The van der Waals surface area contributed by atoms with E-state index in [9.17, 15) is 4.79 Å². The Labute approximate surface area is 100 Å². The largest absolute Gasteiger partial charge is 1.00 e. The van der Waals surface area contributed by atoms with E-state index in [1.165, 1.54) is 0 Å². The van der Waals surface area contributed by atoms with Crippen LogP contribution >= 0.6 is 0 Å². The van der Waals surface area contributed by atoms with E-state index in [1.54, 1.807) is 12.3 Å². The number of para-hydroxylation sites is 1. The van der Waals surface area contributed by atoms with Crippen molar-refractivity contribution in [1.29, 1.82) is 0 Å². The summed E-state index contributed by atoms with van der Waals surface area (Å²) in [4.78, 5) is 10.3. The van der Waals surface area contributed by atoms with Gasteiger partial charge in [0.25, 0.3) is 0 Å². The summed E-state index contributed by atoms with van der Waals surface area (Å²) in [5, 5.41) is 0. The van der Waals surface area contributed by atoms with Crippen molar-refractivity contribution in [2.24, 2.45) is 0 Å². The molecule has 0 radical (unpaired) electrons. The summed E-state index contributed by atoms with van der Waals surface area (Å²) >= 11 is 0. The molecule has 0 atom stereocenters. The first-order valence-electron chi connectivity index (χ1n) is 4.02. The number of aromatic nitrogens is 1. The Morgan fingerprint density at radius 3 is 2.27 bits per heavy atom. The molecule has 0 fully saturated rings. The van der Waals surface area contributed by atoms with Gasteiger partial charge in [-0.25, -0.2) is 0 Å². The average Bonchev–Trinajstić information content (AvgIpc) is 2.67. The van der Waals surface area contributed by atoms with Crippen LogP contribution in [0.4, 0.5) is 0 Å². The summed E-state index contributed by atoms with van der Waals surface area (Å²) in [7, 11) is 0. The molecule has 2 rings (SSSR count). The first kappa shape index (κ1) is 13.7. The van der Waals surface area contributed by atoms with E-state index in [1.807, 2.05) is 47.4 Å². The normalized spacial score (nSPS) is 8.53. The summed E-state index contributed by atoms with van der Waals surface area (Å²) in [5.74, 6) is 0. The molecule has 0 spiro atoms. The van der Waals surface area contributed by atoms with Crippen LogP contribution in [0.3, 0.4) is 0 Å². The van der Waals surface area contributed by atoms with Gasteiger partial charge in [0.2, 0.25) is 0 Å². The molecule has 0 saturated carbocycles. The van der Waals surface area contributed by atoms with Gasteiger partial charge in [-0.1, -0.05) is 30.6 Å². The van der Waals surface area contributed by atoms with E-state index < -0.39 is 0 Å². The fourth-order valence-corrected chi connectivity index (χ4v) is 1.22. The monoisotopic (exact) mass is 194 g/mol. The van der Waals surface area contributed by atoms with E-state index in [2.05, 4.69) is 0 Å². The van der Waals surface area contributed by atoms with Crippen LogP contribution in [0.1, 0.15) is 5.56 Å². The minimum atomic E-state index is 0.